The number of benzene rings is 1. The molecule has 0 aliphatic carbocycles. The van der Waals surface area contributed by atoms with Crippen molar-refractivity contribution in [3.63, 3.8) is 0 Å². The van der Waals surface area contributed by atoms with Crippen molar-refractivity contribution in [1.29, 1.82) is 0 Å². The molecule has 0 aromatic heterocycles. The van der Waals surface area contributed by atoms with Crippen molar-refractivity contribution in [2.24, 2.45) is 0 Å². The Morgan fingerprint density at radius 3 is 2.24 bits per heavy atom. The molecule has 94 valence electrons. The zero-order chi connectivity index (χ0) is 13.3. The van der Waals surface area contributed by atoms with E-state index in [1.54, 1.807) is 0 Å². The first-order valence-corrected chi connectivity index (χ1v) is 5.52. The van der Waals surface area contributed by atoms with Crippen molar-refractivity contribution in [2.75, 3.05) is 20.6 Å². The lowest BCUT2D eigenvalue weighted by Crippen LogP contribution is -2.38. The fraction of sp³-hybridized carbons (Fsp3) is 0.357. The second kappa shape index (κ2) is 7.63. The Morgan fingerprint density at radius 1 is 1.35 bits per heavy atom. The Labute approximate surface area is 104 Å². The average molecular weight is 235 g/mol. The first-order valence-electron chi connectivity index (χ1n) is 5.52. The van der Waals surface area contributed by atoms with Gasteiger partial charge in [-0.15, -0.1) is 0 Å². The van der Waals surface area contributed by atoms with Crippen LogP contribution in [0.15, 0.2) is 43.0 Å². The topological polar surface area (TPSA) is 40.1 Å². The molecule has 0 aliphatic rings. The lowest BCUT2D eigenvalue weighted by atomic mass is 10.2. The maximum atomic E-state index is 8.89. The predicted molar refractivity (Wildman–Crippen MR) is 68.0 cm³/mol. The van der Waals surface area contributed by atoms with Crippen LogP contribution in [0.3, 0.4) is 0 Å². The third-order valence-electron chi connectivity index (χ3n) is 2.08. The summed E-state index contributed by atoms with van der Waals surface area (Å²) in [5.74, 6) is -1.08. The number of hydrogen-bond donors (Lipinski definition) is 0. The number of rotatable bonds is 4. The van der Waals surface area contributed by atoms with Crippen molar-refractivity contribution in [3.05, 3.63) is 48.6 Å². The number of carbonyl (C=O) groups is 1. The van der Waals surface area contributed by atoms with E-state index < -0.39 is 5.97 Å². The molecule has 1 aromatic carbocycles. The smallest absolute Gasteiger partial charge is 0.104 e. The minimum atomic E-state index is -1.08. The monoisotopic (exact) mass is 235 g/mol. The molecule has 0 fully saturated rings. The number of aliphatic carboxylic acids is 1. The number of carboxylic acids is 1. The molecule has 1 aromatic rings. The van der Waals surface area contributed by atoms with E-state index in [4.69, 9.17) is 9.90 Å². The minimum absolute atomic E-state index is 0.966. The van der Waals surface area contributed by atoms with E-state index in [1.165, 1.54) is 5.56 Å². The van der Waals surface area contributed by atoms with Crippen LogP contribution >= 0.6 is 0 Å². The fourth-order valence-corrected chi connectivity index (χ4v) is 1.49. The van der Waals surface area contributed by atoms with Gasteiger partial charge in [0.15, 0.2) is 0 Å². The van der Waals surface area contributed by atoms with Gasteiger partial charge in [-0.3, -0.25) is 0 Å². The van der Waals surface area contributed by atoms with Crippen LogP contribution in [0.5, 0.6) is 0 Å². The normalized spacial score (nSPS) is 10.1. The van der Waals surface area contributed by atoms with Crippen LogP contribution in [0.2, 0.25) is 0 Å². The molecular weight excluding hydrogens is 214 g/mol. The highest BCUT2D eigenvalue weighted by Crippen LogP contribution is 2.08. The van der Waals surface area contributed by atoms with Gasteiger partial charge in [0.1, 0.15) is 6.54 Å². The van der Waals surface area contributed by atoms with Gasteiger partial charge in [0.05, 0.1) is 20.6 Å². The number of carbonyl (C=O) groups excluding carboxylic acids is 1. The molecule has 0 aliphatic heterocycles. The maximum Gasteiger partial charge on any atom is 0.104 e. The van der Waals surface area contributed by atoms with Gasteiger partial charge in [-0.2, -0.15) is 0 Å². The van der Waals surface area contributed by atoms with Gasteiger partial charge >= 0.3 is 0 Å². The summed E-state index contributed by atoms with van der Waals surface area (Å²) in [6.07, 6.45) is 1.98. The van der Waals surface area contributed by atoms with E-state index in [0.29, 0.717) is 0 Å². The Kier molecular flexibility index (Phi) is 6.91. The summed E-state index contributed by atoms with van der Waals surface area (Å²) in [5.41, 5.74) is 1.38. The van der Waals surface area contributed by atoms with Crippen LogP contribution in [0.4, 0.5) is 0 Å². The molecule has 0 atom stereocenters. The van der Waals surface area contributed by atoms with Crippen LogP contribution in [0, 0.1) is 0 Å². The lowest BCUT2D eigenvalue weighted by Gasteiger charge is -2.28. The number of hydrogen-bond acceptors (Lipinski definition) is 2. The van der Waals surface area contributed by atoms with E-state index in [-0.39, 0.29) is 0 Å². The first-order chi connectivity index (χ1) is 7.87. The van der Waals surface area contributed by atoms with Gasteiger partial charge < -0.3 is 14.4 Å². The highest BCUT2D eigenvalue weighted by Gasteiger charge is 2.12. The first kappa shape index (κ1) is 15.4. The maximum absolute atomic E-state index is 8.89. The standard InChI is InChI=1S/C12H18N.C2H4O2/c1-4-10-13(2,3)11-12-8-6-5-7-9-12;1-2(3)4/h4-9H,1,10-11H2,2-3H3;1H3,(H,3,4)/q+1;/p-1. The van der Waals surface area contributed by atoms with Crippen molar-refractivity contribution in [3.8, 4) is 0 Å². The molecule has 0 bridgehead atoms. The summed E-state index contributed by atoms with van der Waals surface area (Å²) >= 11 is 0. The van der Waals surface area contributed by atoms with Gasteiger partial charge in [0.25, 0.3) is 0 Å². The Bertz CT molecular complexity index is 340. The molecule has 0 saturated carbocycles. The highest BCUT2D eigenvalue weighted by atomic mass is 16.4. The van der Waals surface area contributed by atoms with E-state index in [1.807, 2.05) is 6.08 Å². The quantitative estimate of drug-likeness (QED) is 0.581. The van der Waals surface area contributed by atoms with Crippen molar-refractivity contribution in [2.45, 2.75) is 13.5 Å². The highest BCUT2D eigenvalue weighted by molar-refractivity contribution is 5.60. The lowest BCUT2D eigenvalue weighted by molar-refractivity contribution is -0.897. The molecule has 0 heterocycles. The number of nitrogens with zero attached hydrogens (tertiary/aromatic N) is 1. The summed E-state index contributed by atoms with van der Waals surface area (Å²) in [4.78, 5) is 8.89. The average Bonchev–Trinajstić information content (AvgIpc) is 2.17. The molecule has 0 unspecified atom stereocenters. The van der Waals surface area contributed by atoms with Crippen molar-refractivity contribution < 1.29 is 14.4 Å². The molecule has 3 nitrogen and oxygen atoms in total. The van der Waals surface area contributed by atoms with Crippen molar-refractivity contribution >= 4 is 5.97 Å². The summed E-state index contributed by atoms with van der Waals surface area (Å²) in [5, 5.41) is 8.89. The Balaban J connectivity index is 0.000000557. The van der Waals surface area contributed by atoms with E-state index in [2.05, 4.69) is 51.0 Å². The zero-order valence-electron chi connectivity index (χ0n) is 10.8. The second-order valence-electron chi connectivity index (χ2n) is 4.54. The fourth-order valence-electron chi connectivity index (χ4n) is 1.49. The van der Waals surface area contributed by atoms with Crippen LogP contribution in [-0.2, 0) is 11.3 Å². The van der Waals surface area contributed by atoms with E-state index in [0.717, 1.165) is 24.5 Å². The largest absolute Gasteiger partial charge is 0.550 e. The number of carboxylic acid groups (broad SMARTS) is 1. The molecule has 0 saturated heterocycles. The number of quaternary nitrogens is 1. The van der Waals surface area contributed by atoms with E-state index in [9.17, 15) is 0 Å². The molecule has 0 radical (unpaired) electrons. The molecule has 1 rings (SSSR count). The molecule has 3 heteroatoms. The molecule has 0 N–H and O–H groups in total. The number of likely N-dealkylation sites (N-methyl/N-ethyl adjacent to an activating group) is 1. The SMILES string of the molecule is C=CC[N+](C)(C)Cc1ccccc1.CC(=O)[O-]. The van der Waals surface area contributed by atoms with Crippen LogP contribution in [0.25, 0.3) is 0 Å². The third-order valence-corrected chi connectivity index (χ3v) is 2.08. The van der Waals surface area contributed by atoms with Crippen molar-refractivity contribution in [1.82, 2.24) is 0 Å². The summed E-state index contributed by atoms with van der Waals surface area (Å²) < 4.78 is 0.966. The van der Waals surface area contributed by atoms with Gasteiger partial charge in [-0.05, 0) is 13.0 Å². The molecular formula is C14H21NO2. The van der Waals surface area contributed by atoms with Gasteiger partial charge in [-0.1, -0.05) is 36.9 Å². The second-order valence-corrected chi connectivity index (χ2v) is 4.54. The zero-order valence-corrected chi connectivity index (χ0v) is 10.8. The third kappa shape index (κ3) is 9.33. The molecule has 0 amide bonds. The Hall–Kier alpha value is -1.61. The van der Waals surface area contributed by atoms with Crippen LogP contribution in [-0.4, -0.2) is 31.1 Å². The predicted octanol–water partition coefficient (Wildman–Crippen LogP) is 1.21. The van der Waals surface area contributed by atoms with E-state index >= 15 is 0 Å². The van der Waals surface area contributed by atoms with Gasteiger partial charge in [0, 0.05) is 11.5 Å². The van der Waals surface area contributed by atoms with Gasteiger partial charge in [0.2, 0.25) is 0 Å². The molecule has 17 heavy (non-hydrogen) atoms. The molecule has 0 spiro atoms. The van der Waals surface area contributed by atoms with Gasteiger partial charge in [-0.25, -0.2) is 0 Å². The Morgan fingerprint density at radius 2 is 1.82 bits per heavy atom. The van der Waals surface area contributed by atoms with Crippen LogP contribution < -0.4 is 5.11 Å². The summed E-state index contributed by atoms with van der Waals surface area (Å²) in [6, 6.07) is 10.6. The minimum Gasteiger partial charge on any atom is -0.550 e. The van der Waals surface area contributed by atoms with Crippen LogP contribution in [0.1, 0.15) is 12.5 Å². The summed E-state index contributed by atoms with van der Waals surface area (Å²) in [7, 11) is 4.43. The summed E-state index contributed by atoms with van der Waals surface area (Å²) in [6.45, 7) is 6.82.